The summed E-state index contributed by atoms with van der Waals surface area (Å²) in [5.41, 5.74) is 11.5. The molecule has 1 saturated carbocycles. The van der Waals surface area contributed by atoms with Crippen LogP contribution >= 0.6 is 11.3 Å². The number of imidazole rings is 1. The minimum atomic E-state index is 0.0697. The second-order valence-corrected chi connectivity index (χ2v) is 9.89. The fourth-order valence-electron chi connectivity index (χ4n) is 4.44. The van der Waals surface area contributed by atoms with Gasteiger partial charge in [-0.05, 0) is 48.1 Å². The second kappa shape index (κ2) is 8.30. The van der Waals surface area contributed by atoms with Crippen molar-refractivity contribution in [1.29, 1.82) is 0 Å². The molecule has 5 heterocycles. The van der Waals surface area contributed by atoms with Crippen LogP contribution in [0.3, 0.4) is 0 Å². The molecule has 4 aromatic heterocycles. The Balaban J connectivity index is 1.27. The number of carbonyl (C=O) groups is 1. The molecule has 1 fully saturated rings. The van der Waals surface area contributed by atoms with Gasteiger partial charge >= 0.3 is 0 Å². The number of thiophene rings is 1. The zero-order chi connectivity index (χ0) is 24.1. The van der Waals surface area contributed by atoms with E-state index in [9.17, 15) is 4.79 Å². The maximum atomic E-state index is 12.2. The second-order valence-electron chi connectivity index (χ2n) is 8.94. The topological polar surface area (TPSA) is 95.6 Å². The molecule has 36 heavy (non-hydrogen) atoms. The minimum Gasteiger partial charge on any atom is -0.355 e. The molecule has 1 aliphatic carbocycles. The van der Waals surface area contributed by atoms with Crippen LogP contribution in [0.15, 0.2) is 78.5 Å². The van der Waals surface area contributed by atoms with Gasteiger partial charge in [-0.25, -0.2) is 4.98 Å². The number of nitrogens with zero attached hydrogens (tertiary/aromatic N) is 3. The Bertz CT molecular complexity index is 1710. The van der Waals surface area contributed by atoms with E-state index in [-0.39, 0.29) is 11.8 Å². The van der Waals surface area contributed by atoms with Gasteiger partial charge < -0.3 is 15.6 Å². The largest absolute Gasteiger partial charge is 0.355 e. The Hall–Kier alpha value is -4.52. The number of pyridine rings is 2. The van der Waals surface area contributed by atoms with Crippen molar-refractivity contribution < 1.29 is 4.79 Å². The average molecular weight is 489 g/mol. The number of fused-ring (bicyclic) bond motifs is 2. The van der Waals surface area contributed by atoms with Crippen molar-refractivity contribution in [3.05, 3.63) is 89.9 Å². The lowest BCUT2D eigenvalue weighted by Crippen LogP contribution is -2.13. The third-order valence-electron chi connectivity index (χ3n) is 6.44. The molecule has 7 rings (SSSR count). The molecule has 0 radical (unpaired) electrons. The fourth-order valence-corrected chi connectivity index (χ4v) is 5.17. The maximum Gasteiger partial charge on any atom is 0.227 e. The van der Waals surface area contributed by atoms with E-state index in [1.165, 1.54) is 0 Å². The van der Waals surface area contributed by atoms with Crippen molar-refractivity contribution in [3.63, 3.8) is 0 Å². The SMILES string of the molecule is O=C(Nc1cncc(-c2ccc3c(c2)C(c2nc4c(-c5cccs5)cncc4[nH]2)=C=CN3)c1)C1CC1. The summed E-state index contributed by atoms with van der Waals surface area (Å²) in [4.78, 5) is 30.5. The number of aromatic amines is 1. The molecule has 1 aliphatic heterocycles. The monoisotopic (exact) mass is 488 g/mol. The molecule has 3 N–H and O–H groups in total. The highest BCUT2D eigenvalue weighted by Crippen LogP contribution is 2.37. The van der Waals surface area contributed by atoms with Crippen LogP contribution in [0.1, 0.15) is 24.2 Å². The first kappa shape index (κ1) is 20.8. The third kappa shape index (κ3) is 3.69. The van der Waals surface area contributed by atoms with Crippen LogP contribution in [0.25, 0.3) is 38.2 Å². The normalized spacial score (nSPS) is 14.3. The van der Waals surface area contributed by atoms with Gasteiger partial charge in [0.15, 0.2) is 0 Å². The lowest BCUT2D eigenvalue weighted by atomic mass is 9.96. The first-order chi connectivity index (χ1) is 17.7. The van der Waals surface area contributed by atoms with Crippen LogP contribution in [-0.4, -0.2) is 25.8 Å². The van der Waals surface area contributed by atoms with Gasteiger partial charge in [0.25, 0.3) is 0 Å². The molecule has 1 aromatic carbocycles. The number of nitrogens with one attached hydrogen (secondary N) is 3. The van der Waals surface area contributed by atoms with E-state index in [2.05, 4.69) is 48.8 Å². The number of rotatable bonds is 5. The van der Waals surface area contributed by atoms with Crippen molar-refractivity contribution in [2.45, 2.75) is 12.8 Å². The quantitative estimate of drug-likeness (QED) is 0.261. The molecular weight excluding hydrogens is 468 g/mol. The molecule has 2 aliphatic rings. The summed E-state index contributed by atoms with van der Waals surface area (Å²) in [6.07, 6.45) is 10.9. The molecule has 1 amide bonds. The Morgan fingerprint density at radius 2 is 1.94 bits per heavy atom. The van der Waals surface area contributed by atoms with Crippen LogP contribution in [0.5, 0.6) is 0 Å². The summed E-state index contributed by atoms with van der Waals surface area (Å²) in [7, 11) is 0. The Labute approximate surface area is 210 Å². The van der Waals surface area contributed by atoms with Gasteiger partial charge in [0, 0.05) is 51.8 Å². The van der Waals surface area contributed by atoms with Crippen molar-refractivity contribution >= 4 is 45.2 Å². The van der Waals surface area contributed by atoms with Gasteiger partial charge in [0.2, 0.25) is 5.91 Å². The van der Waals surface area contributed by atoms with E-state index >= 15 is 0 Å². The molecule has 0 unspecified atom stereocenters. The number of hydrogen-bond acceptors (Lipinski definition) is 6. The van der Waals surface area contributed by atoms with Crippen LogP contribution < -0.4 is 10.6 Å². The van der Waals surface area contributed by atoms with Crippen molar-refractivity contribution in [3.8, 4) is 21.6 Å². The molecular formula is C28H20N6OS. The molecule has 5 aromatic rings. The van der Waals surface area contributed by atoms with Gasteiger partial charge in [-0.1, -0.05) is 17.9 Å². The number of H-pyrrole nitrogens is 1. The first-order valence-electron chi connectivity index (χ1n) is 11.7. The lowest BCUT2D eigenvalue weighted by Gasteiger charge is -2.15. The molecule has 0 bridgehead atoms. The number of aromatic nitrogens is 4. The van der Waals surface area contributed by atoms with E-state index in [0.717, 1.165) is 68.1 Å². The first-order valence-corrected chi connectivity index (χ1v) is 12.6. The van der Waals surface area contributed by atoms with E-state index in [1.807, 2.05) is 36.7 Å². The highest BCUT2D eigenvalue weighted by atomic mass is 32.1. The molecule has 0 saturated heterocycles. The summed E-state index contributed by atoms with van der Waals surface area (Å²) < 4.78 is 0. The van der Waals surface area contributed by atoms with E-state index in [1.54, 1.807) is 29.9 Å². The van der Waals surface area contributed by atoms with E-state index < -0.39 is 0 Å². The van der Waals surface area contributed by atoms with Crippen LogP contribution in [-0.2, 0) is 4.79 Å². The summed E-state index contributed by atoms with van der Waals surface area (Å²) in [6, 6.07) is 12.3. The standard InChI is InChI=1S/C28H20N6OS/c35-28(16-3-4-16)32-19-10-18(12-29-13-19)17-5-6-23-21(11-17)20(7-8-31-23)27-33-24-15-30-14-22(26(24)34-27)25-2-1-9-36-25/h1-2,5-6,8-16,31H,3-4H2,(H,32,35)(H,33,34). The predicted octanol–water partition coefficient (Wildman–Crippen LogP) is 6.07. The lowest BCUT2D eigenvalue weighted by molar-refractivity contribution is -0.117. The van der Waals surface area contributed by atoms with Crippen LogP contribution in [0.4, 0.5) is 11.4 Å². The van der Waals surface area contributed by atoms with Gasteiger partial charge in [-0.2, -0.15) is 0 Å². The smallest absolute Gasteiger partial charge is 0.227 e. The summed E-state index contributed by atoms with van der Waals surface area (Å²) in [5.74, 6) is 0.943. The Morgan fingerprint density at radius 3 is 2.81 bits per heavy atom. The number of amides is 1. The summed E-state index contributed by atoms with van der Waals surface area (Å²) in [5, 5.41) is 8.32. The fraction of sp³-hybridized carbons (Fsp3) is 0.107. The zero-order valence-corrected chi connectivity index (χ0v) is 19.9. The molecule has 0 atom stereocenters. The molecule has 7 nitrogen and oxygen atoms in total. The number of carbonyl (C=O) groups excluding carboxylic acids is 1. The molecule has 0 spiro atoms. The van der Waals surface area contributed by atoms with Crippen molar-refractivity contribution in [1.82, 2.24) is 19.9 Å². The van der Waals surface area contributed by atoms with Crippen molar-refractivity contribution in [2.24, 2.45) is 5.92 Å². The number of benzene rings is 1. The Morgan fingerprint density at radius 1 is 1.03 bits per heavy atom. The van der Waals surface area contributed by atoms with Crippen LogP contribution in [0.2, 0.25) is 0 Å². The van der Waals surface area contributed by atoms with E-state index in [4.69, 9.17) is 4.98 Å². The van der Waals surface area contributed by atoms with Gasteiger partial charge in [-0.15, -0.1) is 11.3 Å². The number of anilines is 2. The van der Waals surface area contributed by atoms with Gasteiger partial charge in [0.05, 0.1) is 29.2 Å². The highest BCUT2D eigenvalue weighted by molar-refractivity contribution is 7.13. The molecule has 174 valence electrons. The highest BCUT2D eigenvalue weighted by Gasteiger charge is 2.29. The van der Waals surface area contributed by atoms with Gasteiger partial charge in [0.1, 0.15) is 11.3 Å². The van der Waals surface area contributed by atoms with Gasteiger partial charge in [-0.3, -0.25) is 14.8 Å². The Kier molecular flexibility index (Phi) is 4.80. The minimum absolute atomic E-state index is 0.0697. The van der Waals surface area contributed by atoms with Crippen LogP contribution in [0, 0.1) is 5.92 Å². The summed E-state index contributed by atoms with van der Waals surface area (Å²) >= 11 is 1.67. The molecule has 8 heteroatoms. The maximum absolute atomic E-state index is 12.2. The van der Waals surface area contributed by atoms with Crippen molar-refractivity contribution in [2.75, 3.05) is 10.6 Å². The summed E-state index contributed by atoms with van der Waals surface area (Å²) in [6.45, 7) is 0. The van der Waals surface area contributed by atoms with E-state index in [0.29, 0.717) is 5.69 Å². The zero-order valence-electron chi connectivity index (χ0n) is 19.1. The third-order valence-corrected chi connectivity index (χ3v) is 7.34. The predicted molar refractivity (Wildman–Crippen MR) is 142 cm³/mol. The number of hydrogen-bond donors (Lipinski definition) is 3. The average Bonchev–Trinajstić information content (AvgIpc) is 3.45.